The van der Waals surface area contributed by atoms with Gasteiger partial charge in [-0.3, -0.25) is 0 Å². The van der Waals surface area contributed by atoms with Gasteiger partial charge in [-0.2, -0.15) is 0 Å². The second kappa shape index (κ2) is 16.0. The predicted molar refractivity (Wildman–Crippen MR) is 154 cm³/mol. The molecule has 0 aliphatic heterocycles. The van der Waals surface area contributed by atoms with Gasteiger partial charge in [0.25, 0.3) is 0 Å². The van der Waals surface area contributed by atoms with E-state index in [9.17, 15) is 4.79 Å². The summed E-state index contributed by atoms with van der Waals surface area (Å²) in [7, 11) is 1.71. The standard InChI is InChI=1S/C34H44O3/c1-4-5-6-7-8-9-10-11-12-13-14-28-15-17-32(18-16-28)34(35)37-33-25-23-31(24-26-33)30-21-19-29(20-22-30)27(2)36-3/h15-27H,4-14H2,1-3H3. The highest BCUT2D eigenvalue weighted by Crippen LogP contribution is 2.25. The van der Waals surface area contributed by atoms with Crippen LogP contribution in [0.15, 0.2) is 72.8 Å². The fraction of sp³-hybridized carbons (Fsp3) is 0.441. The topological polar surface area (TPSA) is 35.5 Å². The minimum Gasteiger partial charge on any atom is -0.423 e. The third-order valence-corrected chi connectivity index (χ3v) is 7.14. The maximum absolute atomic E-state index is 12.6. The molecule has 1 unspecified atom stereocenters. The van der Waals surface area contributed by atoms with Crippen molar-refractivity contribution in [3.05, 3.63) is 89.5 Å². The van der Waals surface area contributed by atoms with Crippen LogP contribution >= 0.6 is 0 Å². The van der Waals surface area contributed by atoms with E-state index in [1.807, 2.05) is 43.3 Å². The Bertz CT molecular complexity index is 1040. The molecular formula is C34H44O3. The van der Waals surface area contributed by atoms with Gasteiger partial charge in [-0.15, -0.1) is 0 Å². The fourth-order valence-electron chi connectivity index (χ4n) is 4.59. The molecule has 3 nitrogen and oxygen atoms in total. The second-order valence-corrected chi connectivity index (χ2v) is 10.0. The van der Waals surface area contributed by atoms with E-state index >= 15 is 0 Å². The van der Waals surface area contributed by atoms with Crippen molar-refractivity contribution in [2.75, 3.05) is 7.11 Å². The van der Waals surface area contributed by atoms with Crippen LogP contribution in [0.5, 0.6) is 5.75 Å². The Labute approximate surface area is 224 Å². The van der Waals surface area contributed by atoms with Crippen molar-refractivity contribution in [2.24, 2.45) is 0 Å². The summed E-state index contributed by atoms with van der Waals surface area (Å²) >= 11 is 0. The average molecular weight is 501 g/mol. The molecule has 3 aromatic carbocycles. The summed E-state index contributed by atoms with van der Waals surface area (Å²) in [6.45, 7) is 4.30. The summed E-state index contributed by atoms with van der Waals surface area (Å²) in [4.78, 5) is 12.6. The van der Waals surface area contributed by atoms with Gasteiger partial charge in [-0.1, -0.05) is 113 Å². The molecule has 0 spiro atoms. The molecule has 0 saturated carbocycles. The van der Waals surface area contributed by atoms with Crippen molar-refractivity contribution in [3.63, 3.8) is 0 Å². The highest BCUT2D eigenvalue weighted by Gasteiger charge is 2.10. The number of hydrogen-bond donors (Lipinski definition) is 0. The lowest BCUT2D eigenvalue weighted by molar-refractivity contribution is 0.0734. The summed E-state index contributed by atoms with van der Waals surface area (Å²) < 4.78 is 11.0. The van der Waals surface area contributed by atoms with Crippen LogP contribution in [0.2, 0.25) is 0 Å². The molecule has 0 saturated heterocycles. The Morgan fingerprint density at radius 1 is 0.676 bits per heavy atom. The van der Waals surface area contributed by atoms with Crippen LogP contribution in [0, 0.1) is 0 Å². The largest absolute Gasteiger partial charge is 0.423 e. The molecule has 3 rings (SSSR count). The number of carbonyl (C=O) groups is 1. The lowest BCUT2D eigenvalue weighted by Gasteiger charge is -2.11. The lowest BCUT2D eigenvalue weighted by Crippen LogP contribution is -2.08. The van der Waals surface area contributed by atoms with Crippen molar-refractivity contribution in [3.8, 4) is 16.9 Å². The van der Waals surface area contributed by atoms with Crippen LogP contribution in [0.25, 0.3) is 11.1 Å². The smallest absolute Gasteiger partial charge is 0.343 e. The summed E-state index contributed by atoms with van der Waals surface area (Å²) in [5.41, 5.74) is 5.20. The first-order valence-corrected chi connectivity index (χ1v) is 14.1. The molecule has 198 valence electrons. The molecule has 0 fully saturated rings. The molecule has 0 N–H and O–H groups in total. The third kappa shape index (κ3) is 9.81. The van der Waals surface area contributed by atoms with Gasteiger partial charge in [-0.05, 0) is 66.3 Å². The Morgan fingerprint density at radius 3 is 1.73 bits per heavy atom. The van der Waals surface area contributed by atoms with Crippen LogP contribution in [0.4, 0.5) is 0 Å². The lowest BCUT2D eigenvalue weighted by atomic mass is 10.0. The number of unbranched alkanes of at least 4 members (excludes halogenated alkanes) is 9. The fourth-order valence-corrected chi connectivity index (χ4v) is 4.59. The third-order valence-electron chi connectivity index (χ3n) is 7.14. The minimum atomic E-state index is -0.323. The molecule has 0 radical (unpaired) electrons. The SMILES string of the molecule is CCCCCCCCCCCCc1ccc(C(=O)Oc2ccc(-c3ccc(C(C)OC)cc3)cc2)cc1. The number of benzene rings is 3. The molecule has 3 aromatic rings. The van der Waals surface area contributed by atoms with Gasteiger partial charge >= 0.3 is 5.97 Å². The van der Waals surface area contributed by atoms with Gasteiger partial charge in [0.2, 0.25) is 0 Å². The van der Waals surface area contributed by atoms with E-state index < -0.39 is 0 Å². The summed E-state index contributed by atoms with van der Waals surface area (Å²) in [6, 6.07) is 23.9. The van der Waals surface area contributed by atoms with Crippen LogP contribution in [-0.4, -0.2) is 13.1 Å². The monoisotopic (exact) mass is 500 g/mol. The first-order valence-electron chi connectivity index (χ1n) is 14.1. The number of rotatable bonds is 16. The van der Waals surface area contributed by atoms with Crippen molar-refractivity contribution < 1.29 is 14.3 Å². The highest BCUT2D eigenvalue weighted by molar-refractivity contribution is 5.91. The first kappa shape index (κ1) is 28.7. The predicted octanol–water partition coefficient (Wildman–Crippen LogP) is 9.74. The second-order valence-electron chi connectivity index (χ2n) is 10.0. The molecule has 1 atom stereocenters. The van der Waals surface area contributed by atoms with Crippen LogP contribution in [-0.2, 0) is 11.2 Å². The van der Waals surface area contributed by atoms with E-state index in [0.29, 0.717) is 11.3 Å². The van der Waals surface area contributed by atoms with E-state index in [1.165, 1.54) is 69.8 Å². The van der Waals surface area contributed by atoms with Crippen LogP contribution in [0.3, 0.4) is 0 Å². The van der Waals surface area contributed by atoms with E-state index in [2.05, 4.69) is 43.3 Å². The number of hydrogen-bond acceptors (Lipinski definition) is 3. The molecular weight excluding hydrogens is 456 g/mol. The summed E-state index contributed by atoms with van der Waals surface area (Å²) in [5.74, 6) is 0.226. The van der Waals surface area contributed by atoms with Crippen molar-refractivity contribution in [1.29, 1.82) is 0 Å². The van der Waals surface area contributed by atoms with Crippen molar-refractivity contribution >= 4 is 5.97 Å². The Balaban J connectivity index is 1.39. The van der Waals surface area contributed by atoms with Crippen molar-refractivity contribution in [1.82, 2.24) is 0 Å². The molecule has 0 aromatic heterocycles. The van der Waals surface area contributed by atoms with Gasteiger partial charge in [0.15, 0.2) is 0 Å². The minimum absolute atomic E-state index is 0.0737. The summed E-state index contributed by atoms with van der Waals surface area (Å²) in [5, 5.41) is 0. The Hall–Kier alpha value is -2.91. The van der Waals surface area contributed by atoms with Gasteiger partial charge < -0.3 is 9.47 Å². The zero-order valence-corrected chi connectivity index (χ0v) is 23.0. The average Bonchev–Trinajstić information content (AvgIpc) is 2.94. The van der Waals surface area contributed by atoms with E-state index in [-0.39, 0.29) is 12.1 Å². The first-order chi connectivity index (χ1) is 18.1. The number of methoxy groups -OCH3 is 1. The van der Waals surface area contributed by atoms with E-state index in [0.717, 1.165) is 23.1 Å². The zero-order valence-electron chi connectivity index (χ0n) is 23.0. The van der Waals surface area contributed by atoms with Gasteiger partial charge in [0.05, 0.1) is 11.7 Å². The number of esters is 1. The zero-order chi connectivity index (χ0) is 26.3. The highest BCUT2D eigenvalue weighted by atomic mass is 16.5. The van der Waals surface area contributed by atoms with Crippen LogP contribution < -0.4 is 4.74 Å². The van der Waals surface area contributed by atoms with E-state index in [1.54, 1.807) is 7.11 Å². The van der Waals surface area contributed by atoms with Gasteiger partial charge in [0, 0.05) is 7.11 Å². The number of aryl methyl sites for hydroxylation is 1. The Morgan fingerprint density at radius 2 is 1.19 bits per heavy atom. The quantitative estimate of drug-likeness (QED) is 0.111. The maximum Gasteiger partial charge on any atom is 0.343 e. The molecule has 0 bridgehead atoms. The Kier molecular flexibility index (Phi) is 12.4. The molecule has 0 amide bonds. The molecule has 0 aliphatic rings. The summed E-state index contributed by atoms with van der Waals surface area (Å²) in [6.07, 6.45) is 14.6. The number of carbonyl (C=O) groups excluding carboxylic acids is 1. The van der Waals surface area contributed by atoms with E-state index in [4.69, 9.17) is 9.47 Å². The molecule has 3 heteroatoms. The van der Waals surface area contributed by atoms with Crippen molar-refractivity contribution in [2.45, 2.75) is 90.6 Å². The van der Waals surface area contributed by atoms with Crippen LogP contribution in [0.1, 0.15) is 106 Å². The molecule has 0 aliphatic carbocycles. The van der Waals surface area contributed by atoms with Gasteiger partial charge in [0.1, 0.15) is 5.75 Å². The molecule has 37 heavy (non-hydrogen) atoms. The normalized spacial score (nSPS) is 11.9. The maximum atomic E-state index is 12.6. The van der Waals surface area contributed by atoms with Gasteiger partial charge in [-0.25, -0.2) is 4.79 Å². The number of ether oxygens (including phenoxy) is 2. The molecule has 0 heterocycles.